The number of amidine groups is 1. The smallest absolute Gasteiger partial charge is 0.145 e. The number of hydrogen-bond acceptors (Lipinski definition) is 3. The van der Waals surface area contributed by atoms with E-state index in [9.17, 15) is 0 Å². The summed E-state index contributed by atoms with van der Waals surface area (Å²) >= 11 is 0. The summed E-state index contributed by atoms with van der Waals surface area (Å²) in [5.74, 6) is 1.42. The normalized spacial score (nSPS) is 11.9. The summed E-state index contributed by atoms with van der Waals surface area (Å²) in [5, 5.41) is 6.41. The summed E-state index contributed by atoms with van der Waals surface area (Å²) in [5.41, 5.74) is 5.59. The number of aromatic nitrogens is 3. The third-order valence-electron chi connectivity index (χ3n) is 1.40. The minimum Gasteiger partial charge on any atom is -0.387 e. The summed E-state index contributed by atoms with van der Waals surface area (Å²) in [6.07, 6.45) is 3.32. The molecule has 0 bridgehead atoms. The van der Waals surface area contributed by atoms with Gasteiger partial charge in [-0.05, 0) is 6.42 Å². The molecule has 0 saturated heterocycles. The van der Waals surface area contributed by atoms with Crippen LogP contribution in [0.25, 0.3) is 0 Å². The van der Waals surface area contributed by atoms with Crippen molar-refractivity contribution in [3.8, 4) is 0 Å². The van der Waals surface area contributed by atoms with Crippen LogP contribution < -0.4 is 5.73 Å². The van der Waals surface area contributed by atoms with Crippen molar-refractivity contribution in [2.24, 2.45) is 10.7 Å². The second-order valence-electron chi connectivity index (χ2n) is 2.49. The molecule has 5 nitrogen and oxygen atoms in total. The van der Waals surface area contributed by atoms with Gasteiger partial charge in [0.25, 0.3) is 0 Å². The average Bonchev–Trinajstić information content (AvgIpc) is 2.53. The number of nitrogens with zero attached hydrogens (tertiary/aromatic N) is 3. The second-order valence-corrected chi connectivity index (χ2v) is 2.49. The SMILES string of the molecule is CCCC(N)=NCc1ncn[nH]1. The summed E-state index contributed by atoms with van der Waals surface area (Å²) in [7, 11) is 0. The van der Waals surface area contributed by atoms with E-state index in [1.807, 2.05) is 0 Å². The van der Waals surface area contributed by atoms with Gasteiger partial charge in [0.05, 0.1) is 5.84 Å². The molecule has 0 radical (unpaired) electrons. The minimum absolute atomic E-state index is 0.492. The van der Waals surface area contributed by atoms with Crippen molar-refractivity contribution < 1.29 is 0 Å². The molecule has 0 atom stereocenters. The first-order chi connectivity index (χ1) is 5.83. The fraction of sp³-hybridized carbons (Fsp3) is 0.571. The van der Waals surface area contributed by atoms with Gasteiger partial charge >= 0.3 is 0 Å². The lowest BCUT2D eigenvalue weighted by Gasteiger charge is -1.95. The zero-order valence-corrected chi connectivity index (χ0v) is 7.12. The Labute approximate surface area is 71.1 Å². The standard InChI is InChI=1S/C7H13N5/c1-2-3-6(8)9-4-7-10-5-11-12-7/h5H,2-4H2,1H3,(H2,8,9)(H,10,11,12). The van der Waals surface area contributed by atoms with Crippen molar-refractivity contribution in [1.29, 1.82) is 0 Å². The van der Waals surface area contributed by atoms with Gasteiger partial charge in [-0.3, -0.25) is 10.1 Å². The maximum absolute atomic E-state index is 5.59. The lowest BCUT2D eigenvalue weighted by Crippen LogP contribution is -2.11. The molecule has 1 aromatic heterocycles. The molecule has 0 aromatic carbocycles. The molecular weight excluding hydrogens is 154 g/mol. The molecule has 1 aromatic rings. The van der Waals surface area contributed by atoms with E-state index >= 15 is 0 Å². The van der Waals surface area contributed by atoms with Crippen molar-refractivity contribution in [1.82, 2.24) is 15.2 Å². The van der Waals surface area contributed by atoms with Gasteiger partial charge in [-0.2, -0.15) is 5.10 Å². The lowest BCUT2D eigenvalue weighted by atomic mass is 10.3. The molecular formula is C7H13N5. The van der Waals surface area contributed by atoms with Crippen LogP contribution in [0.4, 0.5) is 0 Å². The molecule has 1 heterocycles. The van der Waals surface area contributed by atoms with Gasteiger partial charge in [-0.1, -0.05) is 6.92 Å². The van der Waals surface area contributed by atoms with Crippen molar-refractivity contribution in [3.05, 3.63) is 12.2 Å². The quantitative estimate of drug-likeness (QED) is 0.505. The summed E-state index contributed by atoms with van der Waals surface area (Å²) in [6.45, 7) is 2.56. The second kappa shape index (κ2) is 4.48. The molecule has 0 aliphatic rings. The molecule has 0 unspecified atom stereocenters. The van der Waals surface area contributed by atoms with E-state index in [-0.39, 0.29) is 0 Å². The third-order valence-corrected chi connectivity index (χ3v) is 1.40. The van der Waals surface area contributed by atoms with E-state index in [0.717, 1.165) is 18.7 Å². The van der Waals surface area contributed by atoms with Crippen LogP contribution >= 0.6 is 0 Å². The average molecular weight is 167 g/mol. The van der Waals surface area contributed by atoms with Gasteiger partial charge in [-0.25, -0.2) is 4.98 Å². The first-order valence-electron chi connectivity index (χ1n) is 3.96. The predicted octanol–water partition coefficient (Wildman–Crippen LogP) is 0.462. The van der Waals surface area contributed by atoms with Crippen molar-refractivity contribution in [2.75, 3.05) is 0 Å². The lowest BCUT2D eigenvalue weighted by molar-refractivity contribution is 0.895. The number of aromatic amines is 1. The zero-order chi connectivity index (χ0) is 8.81. The Hall–Kier alpha value is -1.39. The van der Waals surface area contributed by atoms with Gasteiger partial charge in [0, 0.05) is 6.42 Å². The van der Waals surface area contributed by atoms with Gasteiger partial charge in [0.15, 0.2) is 0 Å². The van der Waals surface area contributed by atoms with E-state index in [1.165, 1.54) is 6.33 Å². The zero-order valence-electron chi connectivity index (χ0n) is 7.12. The van der Waals surface area contributed by atoms with Gasteiger partial charge in [0.2, 0.25) is 0 Å². The first-order valence-corrected chi connectivity index (χ1v) is 3.96. The number of rotatable bonds is 4. The van der Waals surface area contributed by atoms with Crippen LogP contribution in [0.2, 0.25) is 0 Å². The molecule has 3 N–H and O–H groups in total. The Kier molecular flexibility index (Phi) is 3.25. The van der Waals surface area contributed by atoms with E-state index in [1.54, 1.807) is 0 Å². The molecule has 0 saturated carbocycles. The van der Waals surface area contributed by atoms with Gasteiger partial charge in [-0.15, -0.1) is 0 Å². The highest BCUT2D eigenvalue weighted by Gasteiger charge is 1.93. The van der Waals surface area contributed by atoms with Crippen LogP contribution in [0.5, 0.6) is 0 Å². The van der Waals surface area contributed by atoms with Crippen LogP contribution in [0.3, 0.4) is 0 Å². The van der Waals surface area contributed by atoms with E-state index in [4.69, 9.17) is 5.73 Å². The van der Waals surface area contributed by atoms with Gasteiger partial charge in [0.1, 0.15) is 18.7 Å². The Morgan fingerprint density at radius 1 is 1.75 bits per heavy atom. The van der Waals surface area contributed by atoms with Crippen molar-refractivity contribution in [3.63, 3.8) is 0 Å². The monoisotopic (exact) mass is 167 g/mol. The van der Waals surface area contributed by atoms with Crippen LogP contribution in [-0.4, -0.2) is 21.0 Å². The highest BCUT2D eigenvalue weighted by atomic mass is 15.2. The van der Waals surface area contributed by atoms with Crippen molar-refractivity contribution in [2.45, 2.75) is 26.3 Å². The maximum Gasteiger partial charge on any atom is 0.145 e. The Balaban J connectivity index is 2.38. The number of aliphatic imine (C=N–C) groups is 1. The summed E-state index contributed by atoms with van der Waals surface area (Å²) in [6, 6.07) is 0. The van der Waals surface area contributed by atoms with Crippen LogP contribution in [0.1, 0.15) is 25.6 Å². The van der Waals surface area contributed by atoms with Crippen molar-refractivity contribution >= 4 is 5.84 Å². The molecule has 0 aliphatic heterocycles. The fourth-order valence-electron chi connectivity index (χ4n) is 0.819. The van der Waals surface area contributed by atoms with E-state index in [2.05, 4.69) is 27.1 Å². The van der Waals surface area contributed by atoms with Gasteiger partial charge < -0.3 is 5.73 Å². The van der Waals surface area contributed by atoms with Crippen LogP contribution in [0.15, 0.2) is 11.3 Å². The Bertz CT molecular complexity index is 238. The fourth-order valence-corrected chi connectivity index (χ4v) is 0.819. The highest BCUT2D eigenvalue weighted by molar-refractivity contribution is 5.80. The molecule has 0 spiro atoms. The van der Waals surface area contributed by atoms with Crippen LogP contribution in [-0.2, 0) is 6.54 Å². The first kappa shape index (κ1) is 8.70. The Morgan fingerprint density at radius 3 is 3.17 bits per heavy atom. The number of nitrogens with two attached hydrogens (primary N) is 1. The Morgan fingerprint density at radius 2 is 2.58 bits per heavy atom. The molecule has 0 fully saturated rings. The maximum atomic E-state index is 5.59. The summed E-state index contributed by atoms with van der Waals surface area (Å²) < 4.78 is 0. The minimum atomic E-state index is 0.492. The molecule has 5 heteroatoms. The topological polar surface area (TPSA) is 79.9 Å². The van der Waals surface area contributed by atoms with E-state index < -0.39 is 0 Å². The highest BCUT2D eigenvalue weighted by Crippen LogP contribution is 1.92. The molecule has 66 valence electrons. The number of nitrogens with one attached hydrogen (secondary N) is 1. The number of hydrogen-bond donors (Lipinski definition) is 2. The molecule has 12 heavy (non-hydrogen) atoms. The molecule has 1 rings (SSSR count). The third kappa shape index (κ3) is 2.69. The predicted molar refractivity (Wildman–Crippen MR) is 46.6 cm³/mol. The number of H-pyrrole nitrogens is 1. The molecule has 0 amide bonds. The molecule has 0 aliphatic carbocycles. The van der Waals surface area contributed by atoms with Crippen LogP contribution in [0, 0.1) is 0 Å². The largest absolute Gasteiger partial charge is 0.387 e. The van der Waals surface area contributed by atoms with E-state index in [0.29, 0.717) is 12.4 Å². The summed E-state index contributed by atoms with van der Waals surface area (Å²) in [4.78, 5) is 8.04.